The summed E-state index contributed by atoms with van der Waals surface area (Å²) in [5.41, 5.74) is 3.02. The maximum absolute atomic E-state index is 13.7. The van der Waals surface area contributed by atoms with Crippen molar-refractivity contribution >= 4 is 26.9 Å². The molecule has 0 aliphatic rings. The highest BCUT2D eigenvalue weighted by Crippen LogP contribution is 2.38. The topological polar surface area (TPSA) is 21.5 Å². The zero-order valence-corrected chi connectivity index (χ0v) is 21.0. The van der Waals surface area contributed by atoms with Gasteiger partial charge in [-0.2, -0.15) is 13.2 Å². The van der Waals surface area contributed by atoms with E-state index in [1.54, 1.807) is 16.5 Å². The second-order valence-electron chi connectivity index (χ2n) is 9.31. The van der Waals surface area contributed by atoms with Crippen LogP contribution in [0.15, 0.2) is 114 Å². The van der Waals surface area contributed by atoms with Crippen molar-refractivity contribution in [2.24, 2.45) is 0 Å². The Bertz CT molecular complexity index is 1830. The molecule has 0 unspecified atom stereocenters. The standard InChI is InChI=1S/C32H22F3NOS/c33-32(34,35)26-14-7-13-24(18-26)30-25(17-23-12-6-11-22-10-4-5-15-28(22)23)19-29(37)36-20-27(38-31(30)36)16-21-8-2-1-3-9-21/h1-15,18-20H,16-17H2. The molecule has 0 bridgehead atoms. The van der Waals surface area contributed by atoms with E-state index in [1.165, 1.54) is 23.5 Å². The van der Waals surface area contributed by atoms with Gasteiger partial charge < -0.3 is 0 Å². The molecule has 0 saturated heterocycles. The molecule has 0 spiro atoms. The van der Waals surface area contributed by atoms with Crippen LogP contribution in [0.5, 0.6) is 0 Å². The smallest absolute Gasteiger partial charge is 0.273 e. The summed E-state index contributed by atoms with van der Waals surface area (Å²) in [6, 6.07) is 30.9. The molecule has 6 rings (SSSR count). The van der Waals surface area contributed by atoms with Crippen molar-refractivity contribution < 1.29 is 13.2 Å². The fourth-order valence-corrected chi connectivity index (χ4v) is 6.23. The number of fused-ring (bicyclic) bond motifs is 2. The minimum atomic E-state index is -4.47. The van der Waals surface area contributed by atoms with Crippen molar-refractivity contribution in [3.05, 3.63) is 147 Å². The van der Waals surface area contributed by atoms with Crippen LogP contribution in [0.1, 0.15) is 27.1 Å². The summed E-state index contributed by atoms with van der Waals surface area (Å²) in [5.74, 6) is 0. The molecule has 6 heteroatoms. The molecule has 4 aromatic carbocycles. The Labute approximate surface area is 221 Å². The first-order valence-corrected chi connectivity index (χ1v) is 13.0. The van der Waals surface area contributed by atoms with Crippen LogP contribution in [-0.4, -0.2) is 4.40 Å². The summed E-state index contributed by atoms with van der Waals surface area (Å²) in [4.78, 5) is 14.9. The number of hydrogen-bond donors (Lipinski definition) is 0. The summed E-state index contributed by atoms with van der Waals surface area (Å²) in [7, 11) is 0. The van der Waals surface area contributed by atoms with Crippen LogP contribution in [0.4, 0.5) is 13.2 Å². The van der Waals surface area contributed by atoms with Gasteiger partial charge in [-0.25, -0.2) is 0 Å². The lowest BCUT2D eigenvalue weighted by Crippen LogP contribution is -2.13. The maximum atomic E-state index is 13.7. The molecule has 2 nitrogen and oxygen atoms in total. The first kappa shape index (κ1) is 24.2. The van der Waals surface area contributed by atoms with Gasteiger partial charge in [0.05, 0.1) is 5.56 Å². The zero-order chi connectivity index (χ0) is 26.3. The van der Waals surface area contributed by atoms with Gasteiger partial charge in [-0.15, -0.1) is 11.3 Å². The molecule has 0 radical (unpaired) electrons. The van der Waals surface area contributed by atoms with Gasteiger partial charge in [0.1, 0.15) is 4.83 Å². The zero-order valence-electron chi connectivity index (χ0n) is 20.2. The van der Waals surface area contributed by atoms with Crippen molar-refractivity contribution in [2.45, 2.75) is 19.0 Å². The van der Waals surface area contributed by atoms with Gasteiger partial charge in [0.15, 0.2) is 0 Å². The Hall–Kier alpha value is -4.16. The minimum absolute atomic E-state index is 0.193. The largest absolute Gasteiger partial charge is 0.416 e. The van der Waals surface area contributed by atoms with E-state index in [-0.39, 0.29) is 5.56 Å². The van der Waals surface area contributed by atoms with Crippen molar-refractivity contribution in [1.82, 2.24) is 4.40 Å². The van der Waals surface area contributed by atoms with Crippen LogP contribution in [-0.2, 0) is 19.0 Å². The fourth-order valence-electron chi connectivity index (χ4n) is 5.00. The van der Waals surface area contributed by atoms with E-state index in [1.807, 2.05) is 79.0 Å². The number of alkyl halides is 3. The fraction of sp³-hybridized carbons (Fsp3) is 0.0938. The first-order valence-electron chi connectivity index (χ1n) is 12.2. The summed E-state index contributed by atoms with van der Waals surface area (Å²) in [5, 5.41) is 2.13. The molecule has 0 amide bonds. The van der Waals surface area contributed by atoms with Crippen molar-refractivity contribution in [1.29, 1.82) is 0 Å². The van der Waals surface area contributed by atoms with Crippen molar-refractivity contribution in [3.8, 4) is 11.1 Å². The van der Waals surface area contributed by atoms with Gasteiger partial charge in [-0.05, 0) is 51.6 Å². The van der Waals surface area contributed by atoms with E-state index in [9.17, 15) is 18.0 Å². The average molecular weight is 526 g/mol. The molecule has 38 heavy (non-hydrogen) atoms. The molecule has 0 aliphatic heterocycles. The van der Waals surface area contributed by atoms with Gasteiger partial charge >= 0.3 is 6.18 Å². The third kappa shape index (κ3) is 4.63. The third-order valence-electron chi connectivity index (χ3n) is 6.75. The number of thiazole rings is 1. The molecular weight excluding hydrogens is 503 g/mol. The van der Waals surface area contributed by atoms with E-state index in [0.717, 1.165) is 32.8 Å². The van der Waals surface area contributed by atoms with Crippen molar-refractivity contribution in [2.75, 3.05) is 0 Å². The maximum Gasteiger partial charge on any atom is 0.416 e. The number of pyridine rings is 1. The lowest BCUT2D eigenvalue weighted by molar-refractivity contribution is -0.137. The van der Waals surface area contributed by atoms with Crippen LogP contribution < -0.4 is 5.56 Å². The summed E-state index contributed by atoms with van der Waals surface area (Å²) in [6.07, 6.45) is -1.60. The van der Waals surface area contributed by atoms with E-state index >= 15 is 0 Å². The van der Waals surface area contributed by atoms with Gasteiger partial charge in [0.2, 0.25) is 0 Å². The predicted octanol–water partition coefficient (Wildman–Crippen LogP) is 8.38. The van der Waals surface area contributed by atoms with E-state index in [2.05, 4.69) is 0 Å². The van der Waals surface area contributed by atoms with E-state index < -0.39 is 11.7 Å². The number of halogens is 3. The average Bonchev–Trinajstić information content (AvgIpc) is 3.33. The Morgan fingerprint density at radius 1 is 0.737 bits per heavy atom. The molecule has 0 atom stereocenters. The molecule has 188 valence electrons. The number of benzene rings is 4. The molecule has 0 aliphatic carbocycles. The van der Waals surface area contributed by atoms with Gasteiger partial charge in [0, 0.05) is 29.1 Å². The Morgan fingerprint density at radius 3 is 2.29 bits per heavy atom. The van der Waals surface area contributed by atoms with Crippen LogP contribution in [0, 0.1) is 0 Å². The normalized spacial score (nSPS) is 11.9. The monoisotopic (exact) mass is 525 g/mol. The quantitative estimate of drug-likeness (QED) is 0.222. The highest BCUT2D eigenvalue weighted by Gasteiger charge is 2.31. The Morgan fingerprint density at radius 2 is 1.47 bits per heavy atom. The number of nitrogens with zero attached hydrogens (tertiary/aromatic N) is 1. The van der Waals surface area contributed by atoms with E-state index in [0.29, 0.717) is 34.4 Å². The second-order valence-corrected chi connectivity index (χ2v) is 10.4. The highest BCUT2D eigenvalue weighted by atomic mass is 32.1. The van der Waals surface area contributed by atoms with Crippen LogP contribution in [0.3, 0.4) is 0 Å². The van der Waals surface area contributed by atoms with E-state index in [4.69, 9.17) is 0 Å². The molecule has 2 aromatic heterocycles. The summed E-state index contributed by atoms with van der Waals surface area (Å²) in [6.45, 7) is 0. The van der Waals surface area contributed by atoms with Crippen LogP contribution in [0.2, 0.25) is 0 Å². The Kier molecular flexibility index (Phi) is 6.12. The summed E-state index contributed by atoms with van der Waals surface area (Å²) >= 11 is 1.45. The van der Waals surface area contributed by atoms with Crippen LogP contribution in [0.25, 0.3) is 26.7 Å². The third-order valence-corrected chi connectivity index (χ3v) is 7.86. The SMILES string of the molecule is O=c1cc(Cc2cccc3ccccc23)c(-c2cccc(C(F)(F)F)c2)c2sc(Cc3ccccc3)cn12. The number of aromatic nitrogens is 1. The highest BCUT2D eigenvalue weighted by molar-refractivity contribution is 7.18. The van der Waals surface area contributed by atoms with Crippen LogP contribution >= 0.6 is 11.3 Å². The molecule has 0 saturated carbocycles. The Balaban J connectivity index is 1.57. The second kappa shape index (κ2) is 9.62. The lowest BCUT2D eigenvalue weighted by Gasteiger charge is -2.15. The summed E-state index contributed by atoms with van der Waals surface area (Å²) < 4.78 is 42.6. The first-order chi connectivity index (χ1) is 18.4. The van der Waals surface area contributed by atoms with Gasteiger partial charge in [-0.3, -0.25) is 9.20 Å². The predicted molar refractivity (Wildman–Crippen MR) is 148 cm³/mol. The molecule has 0 fully saturated rings. The molecule has 6 aromatic rings. The molecular formula is C32H22F3NOS. The molecule has 0 N–H and O–H groups in total. The van der Waals surface area contributed by atoms with Gasteiger partial charge in [-0.1, -0.05) is 84.9 Å². The minimum Gasteiger partial charge on any atom is -0.273 e. The lowest BCUT2D eigenvalue weighted by atomic mass is 9.93. The number of rotatable bonds is 5. The van der Waals surface area contributed by atoms with Crippen molar-refractivity contribution in [3.63, 3.8) is 0 Å². The van der Waals surface area contributed by atoms with Gasteiger partial charge in [0.25, 0.3) is 5.56 Å². The molecule has 2 heterocycles. The number of hydrogen-bond acceptors (Lipinski definition) is 2.